The lowest BCUT2D eigenvalue weighted by atomic mass is 9.92. The molecule has 23 heavy (non-hydrogen) atoms. The number of aldehydes is 1. The van der Waals surface area contributed by atoms with E-state index in [2.05, 4.69) is 0 Å². The van der Waals surface area contributed by atoms with Gasteiger partial charge in [-0.05, 0) is 43.7 Å². The Morgan fingerprint density at radius 2 is 1.83 bits per heavy atom. The Labute approximate surface area is 134 Å². The van der Waals surface area contributed by atoms with Crippen molar-refractivity contribution in [3.8, 4) is 11.5 Å². The predicted octanol–water partition coefficient (Wildman–Crippen LogP) is 3.73. The highest BCUT2D eigenvalue weighted by atomic mass is 16.7. The molecule has 1 atom stereocenters. The molecule has 4 rings (SSSR count). The first-order chi connectivity index (χ1) is 11.0. The zero-order chi connectivity index (χ0) is 16.2. The lowest BCUT2D eigenvalue weighted by molar-refractivity contribution is -0.202. The van der Waals surface area contributed by atoms with Gasteiger partial charge in [0.2, 0.25) is 0 Å². The van der Waals surface area contributed by atoms with E-state index in [0.29, 0.717) is 12.0 Å². The van der Waals surface area contributed by atoms with Crippen molar-refractivity contribution in [1.82, 2.24) is 0 Å². The third kappa shape index (κ3) is 1.85. The van der Waals surface area contributed by atoms with Crippen molar-refractivity contribution < 1.29 is 19.4 Å². The van der Waals surface area contributed by atoms with Crippen LogP contribution in [0.15, 0.2) is 42.5 Å². The fourth-order valence-corrected chi connectivity index (χ4v) is 3.35. The summed E-state index contributed by atoms with van der Waals surface area (Å²) in [6, 6.07) is 11.1. The molecular formula is C19H16O4. The molecule has 0 bridgehead atoms. The Morgan fingerprint density at radius 1 is 1.09 bits per heavy atom. The van der Waals surface area contributed by atoms with Crippen LogP contribution in [-0.4, -0.2) is 11.4 Å². The van der Waals surface area contributed by atoms with Crippen molar-refractivity contribution in [1.29, 1.82) is 0 Å². The fraction of sp³-hybridized carbons (Fsp3) is 0.211. The van der Waals surface area contributed by atoms with E-state index in [-0.39, 0.29) is 11.3 Å². The Morgan fingerprint density at radius 3 is 2.57 bits per heavy atom. The van der Waals surface area contributed by atoms with E-state index in [0.717, 1.165) is 16.7 Å². The summed E-state index contributed by atoms with van der Waals surface area (Å²) >= 11 is 0. The number of carbonyl (C=O) groups excluding carboxylic acids is 1. The molecule has 0 aliphatic carbocycles. The zero-order valence-electron chi connectivity index (χ0n) is 12.9. The first-order valence-electron chi connectivity index (χ1n) is 7.46. The highest BCUT2D eigenvalue weighted by Crippen LogP contribution is 2.51. The lowest BCUT2D eigenvalue weighted by Crippen LogP contribution is -2.35. The number of ether oxygens (including phenoxy) is 2. The topological polar surface area (TPSA) is 55.8 Å². The second kappa shape index (κ2) is 4.46. The summed E-state index contributed by atoms with van der Waals surface area (Å²) in [6.45, 7) is 3.97. The number of carbonyl (C=O) groups is 1. The van der Waals surface area contributed by atoms with Gasteiger partial charge in [-0.1, -0.05) is 24.3 Å². The minimum Gasteiger partial charge on any atom is -0.507 e. The number of hydrogen-bond donors (Lipinski definition) is 1. The third-order valence-electron chi connectivity index (χ3n) is 4.42. The molecule has 1 spiro atoms. The maximum Gasteiger partial charge on any atom is 0.258 e. The predicted molar refractivity (Wildman–Crippen MR) is 85.4 cm³/mol. The zero-order valence-corrected chi connectivity index (χ0v) is 12.9. The first-order valence-corrected chi connectivity index (χ1v) is 7.46. The number of aromatic hydroxyl groups is 1. The van der Waals surface area contributed by atoms with Gasteiger partial charge in [-0.2, -0.15) is 0 Å². The van der Waals surface area contributed by atoms with Crippen LogP contribution in [0.2, 0.25) is 0 Å². The van der Waals surface area contributed by atoms with E-state index in [9.17, 15) is 9.90 Å². The van der Waals surface area contributed by atoms with Gasteiger partial charge in [0.25, 0.3) is 5.79 Å². The quantitative estimate of drug-likeness (QED) is 0.816. The summed E-state index contributed by atoms with van der Waals surface area (Å²) in [5.41, 5.74) is 2.31. The molecule has 4 nitrogen and oxygen atoms in total. The molecule has 2 aromatic rings. The molecule has 1 N–H and O–H groups in total. The number of benzene rings is 2. The Kier molecular flexibility index (Phi) is 2.72. The molecule has 2 aliphatic rings. The standard InChI is InChI=1S/C19H16O4/c1-18(2)14-5-3-4-6-15(14)19(23-18)10-9-12-7-8-16(21)13(11-20)17(12)22-19/h3-11,21H,1-2H3/t19-/m1/s1. The molecule has 4 heteroatoms. The van der Waals surface area contributed by atoms with Gasteiger partial charge in [-0.3, -0.25) is 4.79 Å². The lowest BCUT2D eigenvalue weighted by Gasteiger charge is -2.34. The molecule has 2 heterocycles. The van der Waals surface area contributed by atoms with Crippen molar-refractivity contribution in [2.24, 2.45) is 0 Å². The summed E-state index contributed by atoms with van der Waals surface area (Å²) in [7, 11) is 0. The summed E-state index contributed by atoms with van der Waals surface area (Å²) in [4.78, 5) is 11.4. The van der Waals surface area contributed by atoms with Gasteiger partial charge in [-0.15, -0.1) is 0 Å². The summed E-state index contributed by atoms with van der Waals surface area (Å²) in [6.07, 6.45) is 4.32. The largest absolute Gasteiger partial charge is 0.507 e. The molecular weight excluding hydrogens is 292 g/mol. The summed E-state index contributed by atoms with van der Waals surface area (Å²) in [5, 5.41) is 9.92. The van der Waals surface area contributed by atoms with Crippen LogP contribution >= 0.6 is 0 Å². The summed E-state index contributed by atoms with van der Waals surface area (Å²) in [5.74, 6) is -0.844. The third-order valence-corrected chi connectivity index (χ3v) is 4.42. The van der Waals surface area contributed by atoms with Crippen LogP contribution in [0, 0.1) is 0 Å². The van der Waals surface area contributed by atoms with Crippen LogP contribution in [0.1, 0.15) is 40.9 Å². The van der Waals surface area contributed by atoms with E-state index >= 15 is 0 Å². The molecule has 116 valence electrons. The van der Waals surface area contributed by atoms with E-state index in [4.69, 9.17) is 9.47 Å². The second-order valence-electron chi connectivity index (χ2n) is 6.30. The van der Waals surface area contributed by atoms with E-state index in [1.54, 1.807) is 6.07 Å². The second-order valence-corrected chi connectivity index (χ2v) is 6.30. The molecule has 0 saturated heterocycles. The van der Waals surface area contributed by atoms with Crippen LogP contribution in [0.25, 0.3) is 6.08 Å². The van der Waals surface area contributed by atoms with Crippen LogP contribution in [-0.2, 0) is 16.1 Å². The molecule has 2 aromatic carbocycles. The Hall–Kier alpha value is -2.59. The molecule has 0 aromatic heterocycles. The number of rotatable bonds is 1. The van der Waals surface area contributed by atoms with Crippen molar-refractivity contribution in [3.05, 3.63) is 64.7 Å². The Bertz CT molecular complexity index is 850. The van der Waals surface area contributed by atoms with Gasteiger partial charge < -0.3 is 14.6 Å². The van der Waals surface area contributed by atoms with Crippen molar-refractivity contribution >= 4 is 12.4 Å². The van der Waals surface area contributed by atoms with Crippen molar-refractivity contribution in [2.45, 2.75) is 25.2 Å². The van der Waals surface area contributed by atoms with Crippen molar-refractivity contribution in [2.75, 3.05) is 0 Å². The van der Waals surface area contributed by atoms with Gasteiger partial charge in [-0.25, -0.2) is 0 Å². The first kappa shape index (κ1) is 14.0. The van der Waals surface area contributed by atoms with Gasteiger partial charge in [0.1, 0.15) is 11.5 Å². The molecule has 0 fully saturated rings. The van der Waals surface area contributed by atoms with Gasteiger partial charge in [0.15, 0.2) is 6.29 Å². The minimum atomic E-state index is -1.08. The van der Waals surface area contributed by atoms with Crippen LogP contribution in [0.4, 0.5) is 0 Å². The van der Waals surface area contributed by atoms with E-state index in [1.807, 2.05) is 50.3 Å². The molecule has 0 unspecified atom stereocenters. The average molecular weight is 308 g/mol. The van der Waals surface area contributed by atoms with E-state index < -0.39 is 11.4 Å². The average Bonchev–Trinajstić information content (AvgIpc) is 2.75. The monoisotopic (exact) mass is 308 g/mol. The summed E-state index contributed by atoms with van der Waals surface area (Å²) < 4.78 is 12.4. The fourth-order valence-electron chi connectivity index (χ4n) is 3.35. The van der Waals surface area contributed by atoms with Gasteiger partial charge in [0, 0.05) is 11.1 Å². The van der Waals surface area contributed by atoms with Gasteiger partial charge in [0.05, 0.1) is 11.2 Å². The van der Waals surface area contributed by atoms with E-state index in [1.165, 1.54) is 6.07 Å². The number of phenols is 1. The molecule has 0 radical (unpaired) electrons. The van der Waals surface area contributed by atoms with Crippen LogP contribution in [0.3, 0.4) is 0 Å². The number of phenolic OH excluding ortho intramolecular Hbond substituents is 1. The Balaban J connectivity index is 1.92. The SMILES string of the molecule is CC1(C)O[C@]2(C=Cc3ccc(O)c(C=O)c3O2)c2ccccc21. The number of fused-ring (bicyclic) bond motifs is 3. The van der Waals surface area contributed by atoms with Crippen molar-refractivity contribution in [3.63, 3.8) is 0 Å². The number of hydrogen-bond acceptors (Lipinski definition) is 4. The molecule has 0 amide bonds. The normalized spacial score (nSPS) is 23.2. The maximum absolute atomic E-state index is 11.4. The van der Waals surface area contributed by atoms with Crippen LogP contribution < -0.4 is 4.74 Å². The minimum absolute atomic E-state index is 0.102. The van der Waals surface area contributed by atoms with Crippen LogP contribution in [0.5, 0.6) is 11.5 Å². The van der Waals surface area contributed by atoms with Gasteiger partial charge >= 0.3 is 0 Å². The molecule has 0 saturated carbocycles. The highest BCUT2D eigenvalue weighted by Gasteiger charge is 2.51. The maximum atomic E-state index is 11.4. The molecule has 2 aliphatic heterocycles. The smallest absolute Gasteiger partial charge is 0.258 e. The highest BCUT2D eigenvalue weighted by molar-refractivity contribution is 5.87.